The molecule has 2 heterocycles. The van der Waals surface area contributed by atoms with Crippen LogP contribution in [0.3, 0.4) is 0 Å². The quantitative estimate of drug-likeness (QED) is 0.499. The van der Waals surface area contributed by atoms with Gasteiger partial charge in [-0.1, -0.05) is 12.1 Å². The number of H-pyrrole nitrogens is 1. The summed E-state index contributed by atoms with van der Waals surface area (Å²) in [6.45, 7) is 3.45. The summed E-state index contributed by atoms with van der Waals surface area (Å²) >= 11 is 0. The first-order valence-electron chi connectivity index (χ1n) is 8.04. The third kappa shape index (κ3) is 4.23. The molecule has 8 heteroatoms. The number of benzene rings is 1. The number of aromatic amines is 1. The Bertz CT molecular complexity index is 813. The molecule has 3 aromatic rings. The van der Waals surface area contributed by atoms with E-state index in [1.807, 2.05) is 35.0 Å². The molecule has 0 saturated carbocycles. The molecular weight excluding hydrogens is 322 g/mol. The van der Waals surface area contributed by atoms with Gasteiger partial charge in [-0.05, 0) is 25.5 Å². The zero-order valence-corrected chi connectivity index (χ0v) is 13.9. The molecule has 8 nitrogen and oxygen atoms in total. The Labute approximate surface area is 144 Å². The van der Waals surface area contributed by atoms with Crippen molar-refractivity contribution in [3.05, 3.63) is 48.7 Å². The highest BCUT2D eigenvalue weighted by Gasteiger charge is 2.19. The molecule has 2 aromatic heterocycles. The van der Waals surface area contributed by atoms with Crippen molar-refractivity contribution in [2.75, 3.05) is 13.2 Å². The normalized spacial score (nSPS) is 10.6. The van der Waals surface area contributed by atoms with E-state index in [4.69, 9.17) is 9.47 Å². The zero-order chi connectivity index (χ0) is 17.5. The first-order valence-corrected chi connectivity index (χ1v) is 8.04. The minimum absolute atomic E-state index is 0.166. The van der Waals surface area contributed by atoms with Crippen LogP contribution in [0, 0.1) is 0 Å². The Hall–Kier alpha value is -3.16. The Morgan fingerprint density at radius 1 is 1.32 bits per heavy atom. The van der Waals surface area contributed by atoms with Gasteiger partial charge in [0.15, 0.2) is 5.69 Å². The van der Waals surface area contributed by atoms with Gasteiger partial charge < -0.3 is 14.0 Å². The SMILES string of the molecule is CCOC(=O)c1n[nH]nc1-c1cccc(OCCCn2ccnc2)c1. The predicted octanol–water partition coefficient (Wildman–Crippen LogP) is 2.31. The second-order valence-corrected chi connectivity index (χ2v) is 5.27. The lowest BCUT2D eigenvalue weighted by atomic mass is 10.1. The molecule has 0 radical (unpaired) electrons. The summed E-state index contributed by atoms with van der Waals surface area (Å²) in [6, 6.07) is 7.39. The molecule has 0 bridgehead atoms. The van der Waals surface area contributed by atoms with Crippen LogP contribution in [0.1, 0.15) is 23.8 Å². The van der Waals surface area contributed by atoms with Crippen molar-refractivity contribution in [1.29, 1.82) is 0 Å². The number of aryl methyl sites for hydroxylation is 1. The summed E-state index contributed by atoms with van der Waals surface area (Å²) in [6.07, 6.45) is 6.31. The van der Waals surface area contributed by atoms with Crippen LogP contribution in [0.5, 0.6) is 5.75 Å². The number of imidazole rings is 1. The van der Waals surface area contributed by atoms with Crippen LogP contribution in [0.2, 0.25) is 0 Å². The van der Waals surface area contributed by atoms with E-state index < -0.39 is 5.97 Å². The molecule has 0 atom stereocenters. The molecular formula is C17H19N5O3. The Morgan fingerprint density at radius 2 is 2.24 bits per heavy atom. The fourth-order valence-corrected chi connectivity index (χ4v) is 2.36. The van der Waals surface area contributed by atoms with E-state index in [0.717, 1.165) is 18.5 Å². The van der Waals surface area contributed by atoms with Gasteiger partial charge >= 0.3 is 5.97 Å². The lowest BCUT2D eigenvalue weighted by molar-refractivity contribution is 0.0520. The number of nitrogens with one attached hydrogen (secondary N) is 1. The first kappa shape index (κ1) is 16.7. The molecule has 1 N–H and O–H groups in total. The minimum atomic E-state index is -0.502. The molecule has 0 aliphatic heterocycles. The first-order chi connectivity index (χ1) is 12.3. The number of rotatable bonds is 8. The van der Waals surface area contributed by atoms with E-state index in [2.05, 4.69) is 20.4 Å². The molecule has 0 aliphatic carbocycles. The van der Waals surface area contributed by atoms with Crippen molar-refractivity contribution in [1.82, 2.24) is 25.0 Å². The van der Waals surface area contributed by atoms with Crippen LogP contribution in [0.4, 0.5) is 0 Å². The van der Waals surface area contributed by atoms with Crippen molar-refractivity contribution >= 4 is 5.97 Å². The Kier molecular flexibility index (Phi) is 5.40. The van der Waals surface area contributed by atoms with Crippen LogP contribution >= 0.6 is 0 Å². The third-order valence-electron chi connectivity index (χ3n) is 3.51. The fraction of sp³-hybridized carbons (Fsp3) is 0.294. The highest BCUT2D eigenvalue weighted by Crippen LogP contribution is 2.24. The average molecular weight is 341 g/mol. The van der Waals surface area contributed by atoms with E-state index in [1.54, 1.807) is 19.4 Å². The van der Waals surface area contributed by atoms with Gasteiger partial charge in [-0.15, -0.1) is 5.10 Å². The number of hydrogen-bond acceptors (Lipinski definition) is 6. The van der Waals surface area contributed by atoms with Crippen LogP contribution in [0.15, 0.2) is 43.0 Å². The largest absolute Gasteiger partial charge is 0.494 e. The maximum absolute atomic E-state index is 11.9. The minimum Gasteiger partial charge on any atom is -0.494 e. The second-order valence-electron chi connectivity index (χ2n) is 5.27. The third-order valence-corrected chi connectivity index (χ3v) is 3.51. The number of carbonyl (C=O) groups is 1. The summed E-state index contributed by atoms with van der Waals surface area (Å²) in [7, 11) is 0. The zero-order valence-electron chi connectivity index (χ0n) is 13.9. The molecule has 0 amide bonds. The van der Waals surface area contributed by atoms with Gasteiger partial charge in [0.2, 0.25) is 0 Å². The number of carbonyl (C=O) groups excluding carboxylic acids is 1. The molecule has 1 aromatic carbocycles. The highest BCUT2D eigenvalue weighted by molar-refractivity contribution is 5.93. The molecule has 130 valence electrons. The lowest BCUT2D eigenvalue weighted by Crippen LogP contribution is -2.07. The number of hydrogen-bond donors (Lipinski definition) is 1. The van der Waals surface area contributed by atoms with Crippen molar-refractivity contribution in [3.63, 3.8) is 0 Å². The van der Waals surface area contributed by atoms with Gasteiger partial charge in [-0.3, -0.25) is 0 Å². The van der Waals surface area contributed by atoms with E-state index in [1.165, 1.54) is 0 Å². The van der Waals surface area contributed by atoms with Crippen LogP contribution in [-0.4, -0.2) is 44.1 Å². The average Bonchev–Trinajstić information content (AvgIpc) is 3.31. The van der Waals surface area contributed by atoms with Crippen molar-refractivity contribution in [2.45, 2.75) is 19.9 Å². The van der Waals surface area contributed by atoms with Crippen molar-refractivity contribution in [2.24, 2.45) is 0 Å². The molecule has 0 spiro atoms. The lowest BCUT2D eigenvalue weighted by Gasteiger charge is -2.08. The highest BCUT2D eigenvalue weighted by atomic mass is 16.5. The Balaban J connectivity index is 1.63. The van der Waals surface area contributed by atoms with Gasteiger partial charge in [0.1, 0.15) is 11.4 Å². The molecule has 3 rings (SSSR count). The summed E-state index contributed by atoms with van der Waals surface area (Å²) in [4.78, 5) is 15.9. The maximum Gasteiger partial charge on any atom is 0.361 e. The fourth-order valence-electron chi connectivity index (χ4n) is 2.36. The number of aromatic nitrogens is 5. The van der Waals surface area contributed by atoms with E-state index in [-0.39, 0.29) is 12.3 Å². The summed E-state index contributed by atoms with van der Waals surface area (Å²) in [5.41, 5.74) is 1.35. The number of esters is 1. The summed E-state index contributed by atoms with van der Waals surface area (Å²) < 4.78 is 12.8. The van der Waals surface area contributed by atoms with Crippen LogP contribution in [0.25, 0.3) is 11.3 Å². The molecule has 0 saturated heterocycles. The van der Waals surface area contributed by atoms with Crippen molar-refractivity contribution in [3.8, 4) is 17.0 Å². The van der Waals surface area contributed by atoms with Gasteiger partial charge in [0, 0.05) is 24.5 Å². The standard InChI is InChI=1S/C17H19N5O3/c1-2-24-17(23)16-15(19-21-20-16)13-5-3-6-14(11-13)25-10-4-8-22-9-7-18-12-22/h3,5-7,9,11-12H,2,4,8,10H2,1H3,(H,19,20,21). The Morgan fingerprint density at radius 3 is 3.04 bits per heavy atom. The second kappa shape index (κ2) is 8.09. The van der Waals surface area contributed by atoms with E-state index >= 15 is 0 Å². The van der Waals surface area contributed by atoms with Gasteiger partial charge in [0.25, 0.3) is 0 Å². The molecule has 0 fully saturated rings. The molecule has 0 aliphatic rings. The summed E-state index contributed by atoms with van der Waals surface area (Å²) in [5, 5.41) is 10.4. The van der Waals surface area contributed by atoms with Crippen LogP contribution in [-0.2, 0) is 11.3 Å². The maximum atomic E-state index is 11.9. The number of nitrogens with zero attached hydrogens (tertiary/aromatic N) is 4. The van der Waals surface area contributed by atoms with Gasteiger partial charge in [-0.2, -0.15) is 10.3 Å². The van der Waals surface area contributed by atoms with E-state index in [0.29, 0.717) is 18.1 Å². The molecule has 0 unspecified atom stereocenters. The molecule has 25 heavy (non-hydrogen) atoms. The van der Waals surface area contributed by atoms with E-state index in [9.17, 15) is 4.79 Å². The number of ether oxygens (including phenoxy) is 2. The van der Waals surface area contributed by atoms with Crippen LogP contribution < -0.4 is 4.74 Å². The smallest absolute Gasteiger partial charge is 0.361 e. The van der Waals surface area contributed by atoms with Gasteiger partial charge in [0.05, 0.1) is 19.5 Å². The topological polar surface area (TPSA) is 94.9 Å². The summed E-state index contributed by atoms with van der Waals surface area (Å²) in [5.74, 6) is 0.207. The van der Waals surface area contributed by atoms with Crippen molar-refractivity contribution < 1.29 is 14.3 Å². The monoisotopic (exact) mass is 341 g/mol. The van der Waals surface area contributed by atoms with Gasteiger partial charge in [-0.25, -0.2) is 9.78 Å². The predicted molar refractivity (Wildman–Crippen MR) is 90.1 cm³/mol.